The van der Waals surface area contributed by atoms with E-state index in [0.717, 1.165) is 62.5 Å². The van der Waals surface area contributed by atoms with Gasteiger partial charge in [-0.1, -0.05) is 64.5 Å². The molecule has 0 aliphatic rings. The van der Waals surface area contributed by atoms with Crippen molar-refractivity contribution >= 4 is 143 Å². The van der Waals surface area contributed by atoms with Gasteiger partial charge in [-0.3, -0.25) is 0 Å². The molecule has 0 N–H and O–H groups in total. The Labute approximate surface area is 273 Å². The lowest BCUT2D eigenvalue weighted by atomic mass is 9.93. The molecule has 0 aliphatic carbocycles. The monoisotopic (exact) mass is 1020 g/mol. The van der Waals surface area contributed by atoms with Crippen molar-refractivity contribution in [2.45, 2.75) is 0 Å². The fourth-order valence-electron chi connectivity index (χ4n) is 3.31. The van der Waals surface area contributed by atoms with Gasteiger partial charge >= 0.3 is 0 Å². The van der Waals surface area contributed by atoms with Gasteiger partial charge in [0.15, 0.2) is 11.5 Å². The molecule has 0 bridgehead atoms. The van der Waals surface area contributed by atoms with Gasteiger partial charge in [-0.2, -0.15) is 0 Å². The van der Waals surface area contributed by atoms with Crippen LogP contribution in [-0.2, 0) is 0 Å². The van der Waals surface area contributed by atoms with Crippen LogP contribution in [0.4, 0.5) is 0 Å². The van der Waals surface area contributed by atoms with E-state index in [2.05, 4.69) is 162 Å². The number of hydrogen-bond donors (Lipinski definition) is 0. The minimum absolute atomic E-state index is 0.615. The summed E-state index contributed by atoms with van der Waals surface area (Å²) in [5.74, 6) is 1.27. The second kappa shape index (κ2) is 11.8. The average molecular weight is 1030 g/mol. The highest BCUT2D eigenvalue weighted by molar-refractivity contribution is 9.16. The molecule has 0 radical (unpaired) electrons. The highest BCUT2D eigenvalue weighted by atomic mass is 79.9. The molecule has 0 heterocycles. The Kier molecular flexibility index (Phi) is 9.73. The first kappa shape index (κ1) is 28.0. The minimum Gasteiger partial charge on any atom is -0.453 e. The molecule has 0 spiro atoms. The van der Waals surface area contributed by atoms with Gasteiger partial charge in [0.25, 0.3) is 0 Å². The van der Waals surface area contributed by atoms with Gasteiger partial charge in [-0.05, 0) is 139 Å². The number of benzene rings is 4. The van der Waals surface area contributed by atoms with Crippen LogP contribution < -0.4 is 4.74 Å². The third-order valence-electron chi connectivity index (χ3n) is 4.86. The maximum Gasteiger partial charge on any atom is 0.158 e. The SMILES string of the molecule is Brc1ccccc1-c1c(Oc2c(Br)c(Br)c(Br)c(Br)c2Br)c(Br)c(Br)c(Br)c1-c1ccccc1. The lowest BCUT2D eigenvalue weighted by molar-refractivity contribution is 0.474. The smallest absolute Gasteiger partial charge is 0.158 e. The van der Waals surface area contributed by atoms with Gasteiger partial charge in [0.1, 0.15) is 0 Å². The molecule has 0 fully saturated rings. The van der Waals surface area contributed by atoms with E-state index in [1.54, 1.807) is 0 Å². The van der Waals surface area contributed by atoms with Crippen molar-refractivity contribution in [3.05, 3.63) is 94.9 Å². The predicted molar refractivity (Wildman–Crippen MR) is 173 cm³/mol. The van der Waals surface area contributed by atoms with E-state index in [0.29, 0.717) is 11.5 Å². The van der Waals surface area contributed by atoms with E-state index < -0.39 is 0 Å². The fraction of sp³-hybridized carbons (Fsp3) is 0. The summed E-state index contributed by atoms with van der Waals surface area (Å²) in [6.45, 7) is 0. The largest absolute Gasteiger partial charge is 0.453 e. The third kappa shape index (κ3) is 5.28. The molecule has 0 aliphatic heterocycles. The Balaban J connectivity index is 2.13. The van der Waals surface area contributed by atoms with E-state index in [1.165, 1.54) is 0 Å². The van der Waals surface area contributed by atoms with Crippen molar-refractivity contribution in [1.82, 2.24) is 0 Å². The lowest BCUT2D eigenvalue weighted by Gasteiger charge is -2.23. The zero-order valence-corrected chi connectivity index (χ0v) is 30.8. The molecule has 0 saturated heterocycles. The summed E-state index contributed by atoms with van der Waals surface area (Å²) >= 11 is 33.4. The van der Waals surface area contributed by atoms with Crippen LogP contribution in [-0.4, -0.2) is 0 Å². The molecule has 0 saturated carbocycles. The third-order valence-corrected chi connectivity index (χ3v) is 15.0. The molecule has 4 rings (SSSR count). The van der Waals surface area contributed by atoms with Crippen LogP contribution in [0.15, 0.2) is 94.9 Å². The molecule has 0 amide bonds. The van der Waals surface area contributed by atoms with Crippen molar-refractivity contribution < 1.29 is 4.74 Å². The van der Waals surface area contributed by atoms with Gasteiger partial charge in [0.2, 0.25) is 0 Å². The molecule has 0 aromatic heterocycles. The quantitative estimate of drug-likeness (QED) is 0.146. The number of halogens is 9. The lowest BCUT2D eigenvalue weighted by Crippen LogP contribution is -1.98. The highest BCUT2D eigenvalue weighted by Gasteiger charge is 2.28. The van der Waals surface area contributed by atoms with Crippen LogP contribution in [0.1, 0.15) is 0 Å². The first-order chi connectivity index (χ1) is 16.1. The summed E-state index contributed by atoms with van der Waals surface area (Å²) in [4.78, 5) is 0. The summed E-state index contributed by atoms with van der Waals surface area (Å²) < 4.78 is 14.3. The number of hydrogen-bond acceptors (Lipinski definition) is 1. The Hall–Kier alpha value is 1.00. The second-order valence-corrected chi connectivity index (χ2v) is 14.1. The topological polar surface area (TPSA) is 9.23 Å². The van der Waals surface area contributed by atoms with Gasteiger partial charge < -0.3 is 4.74 Å². The molecule has 1 nitrogen and oxygen atoms in total. The van der Waals surface area contributed by atoms with Gasteiger partial charge in [-0.15, -0.1) is 0 Å². The van der Waals surface area contributed by atoms with Crippen LogP contribution in [0, 0.1) is 0 Å². The number of rotatable bonds is 4. The average Bonchev–Trinajstić information content (AvgIpc) is 2.84. The summed E-state index contributed by atoms with van der Waals surface area (Å²) in [6, 6.07) is 18.3. The van der Waals surface area contributed by atoms with Crippen LogP contribution in [0.5, 0.6) is 11.5 Å². The molecule has 34 heavy (non-hydrogen) atoms. The van der Waals surface area contributed by atoms with E-state index in [9.17, 15) is 0 Å². The van der Waals surface area contributed by atoms with Crippen LogP contribution >= 0.6 is 143 Å². The Morgan fingerprint density at radius 3 is 1.47 bits per heavy atom. The van der Waals surface area contributed by atoms with Gasteiger partial charge in [0.05, 0.1) is 26.8 Å². The van der Waals surface area contributed by atoms with Gasteiger partial charge in [-0.25, -0.2) is 0 Å². The Bertz CT molecular complexity index is 1390. The summed E-state index contributed by atoms with van der Waals surface area (Å²) in [5.41, 5.74) is 3.97. The van der Waals surface area contributed by atoms with Crippen molar-refractivity contribution in [2.75, 3.05) is 0 Å². The fourth-order valence-corrected chi connectivity index (χ4v) is 8.71. The standard InChI is InChI=1S/C24H9Br9O/c25-12-9-5-4-8-11(12)14-13(10-6-2-1-3-7-10)15(26)16(27)20(31)23(14)34-24-21(32)18(29)17(28)19(30)22(24)33/h1-9H. The zero-order valence-electron chi connectivity index (χ0n) is 16.5. The van der Waals surface area contributed by atoms with E-state index in [4.69, 9.17) is 4.74 Å². The number of ether oxygens (including phenoxy) is 1. The molecule has 174 valence electrons. The van der Waals surface area contributed by atoms with Crippen molar-refractivity contribution in [3.8, 4) is 33.8 Å². The summed E-state index contributed by atoms with van der Waals surface area (Å²) in [5, 5.41) is 0. The molecule has 4 aromatic carbocycles. The Morgan fingerprint density at radius 2 is 0.882 bits per heavy atom. The van der Waals surface area contributed by atoms with Crippen molar-refractivity contribution in [1.29, 1.82) is 0 Å². The molecule has 4 aromatic rings. The first-order valence-corrected chi connectivity index (χ1v) is 16.5. The van der Waals surface area contributed by atoms with Crippen LogP contribution in [0.3, 0.4) is 0 Å². The Morgan fingerprint density at radius 1 is 0.412 bits per heavy atom. The summed E-state index contributed by atoms with van der Waals surface area (Å²) in [7, 11) is 0. The van der Waals surface area contributed by atoms with Gasteiger partial charge in [0, 0.05) is 30.1 Å². The van der Waals surface area contributed by atoms with E-state index in [-0.39, 0.29) is 0 Å². The first-order valence-electron chi connectivity index (χ1n) is 9.35. The van der Waals surface area contributed by atoms with Crippen LogP contribution in [0.2, 0.25) is 0 Å². The zero-order chi connectivity index (χ0) is 24.7. The second-order valence-electron chi connectivity index (χ2n) is 6.87. The van der Waals surface area contributed by atoms with Crippen molar-refractivity contribution in [3.63, 3.8) is 0 Å². The van der Waals surface area contributed by atoms with Crippen molar-refractivity contribution in [2.24, 2.45) is 0 Å². The maximum atomic E-state index is 6.73. The maximum absolute atomic E-state index is 6.73. The predicted octanol–water partition coefficient (Wildman–Crippen LogP) is 13.7. The molecule has 10 heteroatoms. The summed E-state index contributed by atoms with van der Waals surface area (Å²) in [6.07, 6.45) is 0. The molecular weight excluding hydrogens is 1020 g/mol. The van der Waals surface area contributed by atoms with E-state index in [1.807, 2.05) is 36.4 Å². The van der Waals surface area contributed by atoms with E-state index >= 15 is 0 Å². The minimum atomic E-state index is 0.615. The molecule has 0 unspecified atom stereocenters. The molecular formula is C24H9Br9O. The molecule has 0 atom stereocenters. The van der Waals surface area contributed by atoms with Crippen LogP contribution in [0.25, 0.3) is 22.3 Å². The highest BCUT2D eigenvalue weighted by Crippen LogP contribution is 2.56. The normalized spacial score (nSPS) is 11.1.